The van der Waals surface area contributed by atoms with Gasteiger partial charge in [-0.2, -0.15) is 4.98 Å². The van der Waals surface area contributed by atoms with Crippen LogP contribution in [0.3, 0.4) is 0 Å². The monoisotopic (exact) mass is 403 g/mol. The molecule has 2 aliphatic rings. The molecule has 1 fully saturated rings. The van der Waals surface area contributed by atoms with Gasteiger partial charge < -0.3 is 14.2 Å². The first-order chi connectivity index (χ1) is 14.7. The van der Waals surface area contributed by atoms with Crippen LogP contribution in [0.2, 0.25) is 0 Å². The first-order valence-electron chi connectivity index (χ1n) is 10.7. The summed E-state index contributed by atoms with van der Waals surface area (Å²) in [5.74, 6) is 1.78. The zero-order valence-electron chi connectivity index (χ0n) is 17.1. The Hall–Kier alpha value is -3.15. The standard InChI is InChI=1S/C24H25N3O3/c1-2-29-21-13-6-5-11-19(21)24-25-23(26-30-24)17-14-22(28)27(15-17)20-12-7-9-16-8-3-4-10-18(16)20/h5-7,9,11-13,17H,2-4,8,10,14-15H2,1H3. The summed E-state index contributed by atoms with van der Waals surface area (Å²) < 4.78 is 11.2. The highest BCUT2D eigenvalue weighted by atomic mass is 16.5. The largest absolute Gasteiger partial charge is 0.493 e. The number of amides is 1. The van der Waals surface area contributed by atoms with E-state index in [1.165, 1.54) is 24.0 Å². The maximum atomic E-state index is 12.9. The van der Waals surface area contributed by atoms with Gasteiger partial charge in [0.1, 0.15) is 5.75 Å². The quantitative estimate of drug-likeness (QED) is 0.626. The molecular formula is C24H25N3O3. The summed E-state index contributed by atoms with van der Waals surface area (Å²) >= 11 is 0. The Labute approximate surface area is 175 Å². The van der Waals surface area contributed by atoms with Gasteiger partial charge in [0.15, 0.2) is 5.82 Å². The zero-order chi connectivity index (χ0) is 20.5. The van der Waals surface area contributed by atoms with Crippen molar-refractivity contribution in [3.8, 4) is 17.2 Å². The Balaban J connectivity index is 1.40. The summed E-state index contributed by atoms with van der Waals surface area (Å²) in [5.41, 5.74) is 4.54. The number of ether oxygens (including phenoxy) is 1. The molecule has 1 unspecified atom stereocenters. The molecule has 154 valence electrons. The van der Waals surface area contributed by atoms with Crippen LogP contribution < -0.4 is 9.64 Å². The van der Waals surface area contributed by atoms with Gasteiger partial charge in [-0.3, -0.25) is 4.79 Å². The molecule has 2 heterocycles. The Morgan fingerprint density at radius 3 is 2.90 bits per heavy atom. The van der Waals surface area contributed by atoms with E-state index in [1.54, 1.807) is 0 Å². The van der Waals surface area contributed by atoms with E-state index in [0.29, 0.717) is 31.3 Å². The molecule has 1 saturated heterocycles. The minimum absolute atomic E-state index is 0.0753. The van der Waals surface area contributed by atoms with E-state index in [9.17, 15) is 4.79 Å². The van der Waals surface area contributed by atoms with E-state index in [1.807, 2.05) is 36.1 Å². The number of hydrogen-bond donors (Lipinski definition) is 0. The summed E-state index contributed by atoms with van der Waals surface area (Å²) in [5, 5.41) is 4.21. The van der Waals surface area contributed by atoms with Gasteiger partial charge >= 0.3 is 0 Å². The van der Waals surface area contributed by atoms with Crippen LogP contribution in [0.4, 0.5) is 5.69 Å². The molecule has 0 N–H and O–H groups in total. The molecule has 1 atom stereocenters. The van der Waals surface area contributed by atoms with Gasteiger partial charge in [0, 0.05) is 24.6 Å². The Morgan fingerprint density at radius 2 is 2.00 bits per heavy atom. The fraction of sp³-hybridized carbons (Fsp3) is 0.375. The number of hydrogen-bond acceptors (Lipinski definition) is 5. The van der Waals surface area contributed by atoms with Crippen LogP contribution in [0, 0.1) is 0 Å². The lowest BCUT2D eigenvalue weighted by Crippen LogP contribution is -2.26. The number of benzene rings is 2. The predicted molar refractivity (Wildman–Crippen MR) is 114 cm³/mol. The normalized spacial score (nSPS) is 18.5. The number of nitrogens with zero attached hydrogens (tertiary/aromatic N) is 3. The second-order valence-electron chi connectivity index (χ2n) is 7.91. The van der Waals surface area contributed by atoms with Crippen molar-refractivity contribution >= 4 is 11.6 Å². The summed E-state index contributed by atoms with van der Waals surface area (Å²) in [6.07, 6.45) is 4.95. The van der Waals surface area contributed by atoms with E-state index in [-0.39, 0.29) is 11.8 Å². The lowest BCUT2D eigenvalue weighted by molar-refractivity contribution is -0.117. The van der Waals surface area contributed by atoms with Crippen LogP contribution in [-0.2, 0) is 17.6 Å². The first kappa shape index (κ1) is 18.9. The molecule has 3 aromatic rings. The second kappa shape index (κ2) is 7.94. The third-order valence-electron chi connectivity index (χ3n) is 6.01. The molecule has 6 nitrogen and oxygen atoms in total. The van der Waals surface area contributed by atoms with Crippen LogP contribution in [0.5, 0.6) is 5.75 Å². The van der Waals surface area contributed by atoms with Gasteiger partial charge in [-0.15, -0.1) is 0 Å². The fourth-order valence-electron chi connectivity index (χ4n) is 4.56. The highest BCUT2D eigenvalue weighted by Crippen LogP contribution is 2.37. The highest BCUT2D eigenvalue weighted by molar-refractivity contribution is 5.97. The van der Waals surface area contributed by atoms with Crippen molar-refractivity contribution < 1.29 is 14.1 Å². The molecule has 0 spiro atoms. The molecule has 0 radical (unpaired) electrons. The summed E-state index contributed by atoms with van der Waals surface area (Å²) in [4.78, 5) is 19.4. The van der Waals surface area contributed by atoms with E-state index in [0.717, 1.165) is 29.8 Å². The Morgan fingerprint density at radius 1 is 1.13 bits per heavy atom. The number of rotatable bonds is 5. The number of carbonyl (C=O) groups is 1. The highest BCUT2D eigenvalue weighted by Gasteiger charge is 2.36. The molecule has 1 aliphatic heterocycles. The molecule has 1 aliphatic carbocycles. The van der Waals surface area contributed by atoms with Crippen LogP contribution in [-0.4, -0.2) is 29.2 Å². The number of para-hydroxylation sites is 1. The average molecular weight is 403 g/mol. The van der Waals surface area contributed by atoms with Crippen molar-refractivity contribution in [1.29, 1.82) is 0 Å². The minimum atomic E-state index is -0.0753. The number of aryl methyl sites for hydroxylation is 1. The van der Waals surface area contributed by atoms with Crippen LogP contribution in [0.1, 0.15) is 49.1 Å². The number of aromatic nitrogens is 2. The van der Waals surface area contributed by atoms with Crippen molar-refractivity contribution in [2.45, 2.75) is 44.9 Å². The lowest BCUT2D eigenvalue weighted by atomic mass is 9.90. The molecule has 1 aromatic heterocycles. The SMILES string of the molecule is CCOc1ccccc1-c1nc(C2CC(=O)N(c3cccc4c3CCCC4)C2)no1. The molecule has 30 heavy (non-hydrogen) atoms. The van der Waals surface area contributed by atoms with Gasteiger partial charge in [0.05, 0.1) is 12.2 Å². The van der Waals surface area contributed by atoms with Gasteiger partial charge in [0.25, 0.3) is 5.89 Å². The van der Waals surface area contributed by atoms with Crippen molar-refractivity contribution in [2.24, 2.45) is 0 Å². The van der Waals surface area contributed by atoms with Gasteiger partial charge in [-0.05, 0) is 61.9 Å². The molecular weight excluding hydrogens is 378 g/mol. The number of carbonyl (C=O) groups excluding carboxylic acids is 1. The molecule has 1 amide bonds. The number of anilines is 1. The van der Waals surface area contributed by atoms with Gasteiger partial charge in [-0.25, -0.2) is 0 Å². The zero-order valence-corrected chi connectivity index (χ0v) is 17.1. The van der Waals surface area contributed by atoms with E-state index in [4.69, 9.17) is 9.26 Å². The van der Waals surface area contributed by atoms with E-state index < -0.39 is 0 Å². The third kappa shape index (κ3) is 3.36. The van der Waals surface area contributed by atoms with Gasteiger partial charge in [-0.1, -0.05) is 29.4 Å². The molecule has 5 rings (SSSR count). The summed E-state index contributed by atoms with van der Waals surface area (Å²) in [7, 11) is 0. The molecule has 0 saturated carbocycles. The van der Waals surface area contributed by atoms with Crippen LogP contribution in [0.25, 0.3) is 11.5 Å². The Kier molecular flexibility index (Phi) is 4.99. The summed E-state index contributed by atoms with van der Waals surface area (Å²) in [6.45, 7) is 3.09. The number of fused-ring (bicyclic) bond motifs is 1. The molecule has 6 heteroatoms. The van der Waals surface area contributed by atoms with Crippen LogP contribution in [0.15, 0.2) is 47.0 Å². The maximum absolute atomic E-state index is 12.9. The van der Waals surface area contributed by atoms with Crippen molar-refractivity contribution in [2.75, 3.05) is 18.1 Å². The lowest BCUT2D eigenvalue weighted by Gasteiger charge is -2.25. The van der Waals surface area contributed by atoms with Crippen molar-refractivity contribution in [3.05, 3.63) is 59.4 Å². The van der Waals surface area contributed by atoms with E-state index >= 15 is 0 Å². The third-order valence-corrected chi connectivity index (χ3v) is 6.01. The second-order valence-corrected chi connectivity index (χ2v) is 7.91. The summed E-state index contributed by atoms with van der Waals surface area (Å²) in [6, 6.07) is 14.0. The first-order valence-corrected chi connectivity index (χ1v) is 10.7. The Bertz CT molecular complexity index is 1080. The topological polar surface area (TPSA) is 68.5 Å². The van der Waals surface area contributed by atoms with Crippen LogP contribution >= 0.6 is 0 Å². The predicted octanol–water partition coefficient (Wildman–Crippen LogP) is 4.53. The molecule has 0 bridgehead atoms. The van der Waals surface area contributed by atoms with Gasteiger partial charge in [0.2, 0.25) is 5.91 Å². The van der Waals surface area contributed by atoms with Crippen molar-refractivity contribution in [3.63, 3.8) is 0 Å². The van der Waals surface area contributed by atoms with E-state index in [2.05, 4.69) is 28.3 Å². The average Bonchev–Trinajstić information content (AvgIpc) is 3.41. The fourth-order valence-corrected chi connectivity index (χ4v) is 4.56. The van der Waals surface area contributed by atoms with Crippen molar-refractivity contribution in [1.82, 2.24) is 10.1 Å². The smallest absolute Gasteiger partial charge is 0.261 e. The minimum Gasteiger partial charge on any atom is -0.493 e. The molecule has 2 aromatic carbocycles. The maximum Gasteiger partial charge on any atom is 0.261 e.